The van der Waals surface area contributed by atoms with Gasteiger partial charge in [-0.25, -0.2) is 9.97 Å². The molecule has 0 fully saturated rings. The molecule has 0 aliphatic rings. The van der Waals surface area contributed by atoms with E-state index in [0.717, 1.165) is 12.1 Å². The number of nitrogens with one attached hydrogen (secondary N) is 1. The Hall–Kier alpha value is -4.06. The zero-order chi connectivity index (χ0) is 21.7. The van der Waals surface area contributed by atoms with Crippen molar-refractivity contribution in [2.75, 3.05) is 16.8 Å². The van der Waals surface area contributed by atoms with E-state index in [1.54, 1.807) is 24.3 Å². The summed E-state index contributed by atoms with van der Waals surface area (Å²) in [5.41, 5.74) is 12.0. The lowest BCUT2D eigenvalue weighted by Crippen LogP contribution is -2.14. The van der Waals surface area contributed by atoms with E-state index in [0.29, 0.717) is 16.8 Å². The van der Waals surface area contributed by atoms with Crippen molar-refractivity contribution in [3.63, 3.8) is 0 Å². The molecule has 30 heavy (non-hydrogen) atoms. The predicted molar refractivity (Wildman–Crippen MR) is 107 cm³/mol. The number of nitrogens with zero attached hydrogens (tertiary/aromatic N) is 2. The Morgan fingerprint density at radius 3 is 2.27 bits per heavy atom. The lowest BCUT2D eigenvalue weighted by Gasteiger charge is -2.08. The number of halogens is 3. The number of benzene rings is 2. The first-order chi connectivity index (χ1) is 14.2. The summed E-state index contributed by atoms with van der Waals surface area (Å²) in [6.07, 6.45) is -4.48. The molecule has 0 radical (unpaired) electrons. The average molecular weight is 411 g/mol. The highest BCUT2D eigenvalue weighted by Gasteiger charge is 2.29. The van der Waals surface area contributed by atoms with Crippen molar-refractivity contribution in [2.24, 2.45) is 0 Å². The van der Waals surface area contributed by atoms with Crippen molar-refractivity contribution < 1.29 is 18.0 Å². The maximum Gasteiger partial charge on any atom is 0.416 e. The summed E-state index contributed by atoms with van der Waals surface area (Å²) in [7, 11) is 0. The number of carbonyl (C=O) groups excluding carboxylic acids is 1. The first kappa shape index (κ1) is 20.7. The average Bonchev–Trinajstić information content (AvgIpc) is 2.65. The molecule has 0 spiro atoms. The van der Waals surface area contributed by atoms with Crippen LogP contribution >= 0.6 is 0 Å². The quantitative estimate of drug-likeness (QED) is 0.574. The van der Waals surface area contributed by atoms with Crippen LogP contribution in [-0.2, 0) is 17.4 Å². The largest absolute Gasteiger partial charge is 0.416 e. The third-order valence-electron chi connectivity index (χ3n) is 3.88. The smallest absolute Gasteiger partial charge is 0.383 e. The SMILES string of the molecule is Nc1cc(N)nc(C#Cc2cccc(NC(=O)Cc3ccc(C(F)(F)F)cc3)c2)n1. The van der Waals surface area contributed by atoms with E-state index in [4.69, 9.17) is 11.5 Å². The first-order valence-electron chi connectivity index (χ1n) is 8.67. The van der Waals surface area contributed by atoms with Crippen LogP contribution in [0, 0.1) is 11.8 Å². The molecule has 6 nitrogen and oxygen atoms in total. The molecule has 1 amide bonds. The lowest BCUT2D eigenvalue weighted by atomic mass is 10.1. The Morgan fingerprint density at radius 1 is 0.967 bits per heavy atom. The molecule has 3 rings (SSSR count). The second kappa shape index (κ2) is 8.53. The molecule has 5 N–H and O–H groups in total. The van der Waals surface area contributed by atoms with E-state index in [9.17, 15) is 18.0 Å². The second-order valence-corrected chi connectivity index (χ2v) is 6.29. The summed E-state index contributed by atoms with van der Waals surface area (Å²) >= 11 is 0. The van der Waals surface area contributed by atoms with Crippen LogP contribution in [0.25, 0.3) is 0 Å². The van der Waals surface area contributed by atoms with Gasteiger partial charge in [0.1, 0.15) is 11.6 Å². The number of carbonyl (C=O) groups is 1. The van der Waals surface area contributed by atoms with Crippen molar-refractivity contribution in [2.45, 2.75) is 12.6 Å². The molecular weight excluding hydrogens is 395 g/mol. The predicted octanol–water partition coefficient (Wildman–Crippen LogP) is 3.24. The van der Waals surface area contributed by atoms with E-state index in [1.807, 2.05) is 0 Å². The van der Waals surface area contributed by atoms with E-state index < -0.39 is 11.7 Å². The molecule has 0 unspecified atom stereocenters. The zero-order valence-electron chi connectivity index (χ0n) is 15.5. The Labute approximate surface area is 170 Å². The molecule has 0 saturated heterocycles. The summed E-state index contributed by atoms with van der Waals surface area (Å²) in [6, 6.07) is 12.6. The minimum absolute atomic E-state index is 0.0650. The van der Waals surface area contributed by atoms with Gasteiger partial charge in [0.2, 0.25) is 11.7 Å². The highest BCUT2D eigenvalue weighted by molar-refractivity contribution is 5.92. The van der Waals surface area contributed by atoms with Crippen LogP contribution in [0.1, 0.15) is 22.5 Å². The van der Waals surface area contributed by atoms with Gasteiger partial charge in [-0.1, -0.05) is 24.1 Å². The number of hydrogen-bond donors (Lipinski definition) is 3. The topological polar surface area (TPSA) is 107 Å². The molecular formula is C21H16F3N5O. The Kier molecular flexibility index (Phi) is 5.88. The molecule has 1 aromatic heterocycles. The van der Waals surface area contributed by atoms with Crippen LogP contribution in [0.15, 0.2) is 54.6 Å². The summed E-state index contributed by atoms with van der Waals surface area (Å²) in [5.74, 6) is 5.81. The number of hydrogen-bond acceptors (Lipinski definition) is 5. The Bertz CT molecular complexity index is 1110. The van der Waals surface area contributed by atoms with Crippen LogP contribution in [0.3, 0.4) is 0 Å². The van der Waals surface area contributed by atoms with E-state index >= 15 is 0 Å². The van der Waals surface area contributed by atoms with Crippen molar-refractivity contribution in [1.82, 2.24) is 9.97 Å². The van der Waals surface area contributed by atoms with Crippen molar-refractivity contribution in [1.29, 1.82) is 0 Å². The number of amides is 1. The molecule has 9 heteroatoms. The van der Waals surface area contributed by atoms with Gasteiger partial charge in [0, 0.05) is 17.3 Å². The van der Waals surface area contributed by atoms with Crippen LogP contribution in [0.2, 0.25) is 0 Å². The van der Waals surface area contributed by atoms with Gasteiger partial charge in [0.15, 0.2) is 0 Å². The normalized spacial score (nSPS) is 10.8. The first-order valence-corrected chi connectivity index (χ1v) is 8.67. The maximum absolute atomic E-state index is 12.6. The maximum atomic E-state index is 12.6. The fourth-order valence-electron chi connectivity index (χ4n) is 2.55. The minimum atomic E-state index is -4.41. The van der Waals surface area contributed by atoms with Crippen molar-refractivity contribution in [3.05, 3.63) is 77.1 Å². The minimum Gasteiger partial charge on any atom is -0.383 e. The monoisotopic (exact) mass is 411 g/mol. The highest BCUT2D eigenvalue weighted by atomic mass is 19.4. The number of nitrogens with two attached hydrogens (primary N) is 2. The Morgan fingerprint density at radius 2 is 1.63 bits per heavy atom. The lowest BCUT2D eigenvalue weighted by molar-refractivity contribution is -0.137. The molecule has 152 valence electrons. The van der Waals surface area contributed by atoms with Gasteiger partial charge >= 0.3 is 6.18 Å². The summed E-state index contributed by atoms with van der Waals surface area (Å²) < 4.78 is 37.8. The summed E-state index contributed by atoms with van der Waals surface area (Å²) in [4.78, 5) is 20.1. The van der Waals surface area contributed by atoms with Gasteiger partial charge in [-0.2, -0.15) is 13.2 Å². The Balaban J connectivity index is 1.66. The van der Waals surface area contributed by atoms with E-state index in [2.05, 4.69) is 27.1 Å². The number of nitrogen functional groups attached to an aromatic ring is 2. The highest BCUT2D eigenvalue weighted by Crippen LogP contribution is 2.29. The second-order valence-electron chi connectivity index (χ2n) is 6.29. The summed E-state index contributed by atoms with van der Waals surface area (Å²) in [5, 5.41) is 2.69. The van der Waals surface area contributed by atoms with Crippen molar-refractivity contribution in [3.8, 4) is 11.8 Å². The van der Waals surface area contributed by atoms with Crippen LogP contribution in [0.4, 0.5) is 30.5 Å². The molecule has 0 atom stereocenters. The standard InChI is InChI=1S/C21H16F3N5O/c22-21(23,24)15-7-4-14(5-8-15)11-20(30)27-16-3-1-2-13(10-16)6-9-19-28-17(25)12-18(26)29-19/h1-5,7-8,10,12H,11H2,(H,27,30)(H4,25,26,28,29). The van der Waals surface area contributed by atoms with E-state index in [1.165, 1.54) is 18.2 Å². The van der Waals surface area contributed by atoms with Gasteiger partial charge in [0.25, 0.3) is 0 Å². The number of aromatic nitrogens is 2. The van der Waals surface area contributed by atoms with Gasteiger partial charge in [-0.3, -0.25) is 4.79 Å². The third-order valence-corrected chi connectivity index (χ3v) is 3.88. The number of rotatable bonds is 3. The molecule has 1 heterocycles. The van der Waals surface area contributed by atoms with Crippen LogP contribution in [0.5, 0.6) is 0 Å². The molecule has 0 aliphatic carbocycles. The van der Waals surface area contributed by atoms with Gasteiger partial charge in [-0.05, 0) is 41.8 Å². The molecule has 2 aromatic carbocycles. The van der Waals surface area contributed by atoms with E-state index in [-0.39, 0.29) is 29.8 Å². The summed E-state index contributed by atoms with van der Waals surface area (Å²) in [6.45, 7) is 0. The molecule has 0 saturated carbocycles. The number of alkyl halides is 3. The third kappa shape index (κ3) is 5.72. The molecule has 0 aliphatic heterocycles. The molecule has 0 bridgehead atoms. The van der Waals surface area contributed by atoms with Gasteiger partial charge in [0.05, 0.1) is 12.0 Å². The van der Waals surface area contributed by atoms with Crippen LogP contribution in [-0.4, -0.2) is 15.9 Å². The zero-order valence-corrected chi connectivity index (χ0v) is 15.5. The number of anilines is 3. The molecule has 3 aromatic rings. The fraction of sp³-hybridized carbons (Fsp3) is 0.0952. The van der Waals surface area contributed by atoms with Crippen molar-refractivity contribution >= 4 is 23.2 Å². The van der Waals surface area contributed by atoms with Gasteiger partial charge in [-0.15, -0.1) is 0 Å². The van der Waals surface area contributed by atoms with Crippen LogP contribution < -0.4 is 16.8 Å². The van der Waals surface area contributed by atoms with Gasteiger partial charge < -0.3 is 16.8 Å². The fourth-order valence-corrected chi connectivity index (χ4v) is 2.55.